The maximum absolute atomic E-state index is 10.2. The normalized spacial score (nSPS) is 9.22. The Kier molecular flexibility index (Phi) is 1.84. The first-order chi connectivity index (χ1) is 4.20. The summed E-state index contributed by atoms with van der Waals surface area (Å²) in [5.74, 6) is -0.964. The summed E-state index contributed by atoms with van der Waals surface area (Å²) in [6, 6.07) is 0. The Morgan fingerprint density at radius 3 is 2.78 bits per heavy atom. The molecule has 5 heteroatoms. The molecule has 9 heavy (non-hydrogen) atoms. The Balaban J connectivity index is 2.98. The van der Waals surface area contributed by atoms with Crippen molar-refractivity contribution in [1.82, 2.24) is 7.36 Å². The van der Waals surface area contributed by atoms with Crippen LogP contribution in [-0.4, -0.2) is 44.5 Å². The molecule has 0 amide bonds. The molecule has 0 aliphatic heterocycles. The molecule has 1 aromatic rings. The van der Waals surface area contributed by atoms with Gasteiger partial charge in [-0.25, -0.2) is 0 Å². The van der Waals surface area contributed by atoms with Crippen molar-refractivity contribution < 1.29 is 9.90 Å². The molecule has 0 aliphatic rings. The number of aromatic nitrogens is 2. The van der Waals surface area contributed by atoms with Crippen LogP contribution >= 0.6 is 0 Å². The van der Waals surface area contributed by atoms with E-state index in [1.807, 2.05) is 0 Å². The van der Waals surface area contributed by atoms with Crippen LogP contribution in [0.4, 0.5) is 0 Å². The Morgan fingerprint density at radius 1 is 1.89 bits per heavy atom. The molecule has 44 valence electrons. The Hall–Kier alpha value is -0.398. The third-order valence-electron chi connectivity index (χ3n) is 0.821. The van der Waals surface area contributed by atoms with Crippen LogP contribution in [0.1, 0.15) is 10.5 Å². The van der Waals surface area contributed by atoms with Crippen LogP contribution in [0, 0.1) is 0 Å². The van der Waals surface area contributed by atoms with Gasteiger partial charge in [-0.3, -0.25) is 0 Å². The molecule has 0 aliphatic carbocycles. The molecule has 0 atom stereocenters. The number of hydrogen-bond donors (Lipinski definition) is 1. The van der Waals surface area contributed by atoms with Crippen molar-refractivity contribution in [3.05, 3.63) is 18.2 Å². The SMILES string of the molecule is O=C(O)c1c[n]([Tl])cn1. The second kappa shape index (κ2) is 2.46. The Labute approximate surface area is 67.6 Å². The first-order valence-corrected chi connectivity index (χ1v) is 4.23. The van der Waals surface area contributed by atoms with Crippen molar-refractivity contribution in [3.8, 4) is 0 Å². The zero-order chi connectivity index (χ0) is 6.85. The quantitative estimate of drug-likeness (QED) is 0.712. The van der Waals surface area contributed by atoms with Gasteiger partial charge in [0.05, 0.1) is 0 Å². The van der Waals surface area contributed by atoms with Crippen molar-refractivity contribution in [2.24, 2.45) is 0 Å². The minimum atomic E-state index is -0.964. The van der Waals surface area contributed by atoms with E-state index < -0.39 is 5.97 Å². The maximum atomic E-state index is 10.2. The number of imidazole rings is 1. The monoisotopic (exact) mass is 316 g/mol. The van der Waals surface area contributed by atoms with Crippen LogP contribution in [-0.2, 0) is 0 Å². The number of nitrogens with zero attached hydrogens (tertiary/aromatic N) is 2. The minimum absolute atomic E-state index is 0.123. The number of carboxylic acid groups (broad SMARTS) is 1. The average Bonchev–Trinajstić information content (AvgIpc) is 2.14. The van der Waals surface area contributed by atoms with Crippen molar-refractivity contribution >= 4 is 32.0 Å². The fourth-order valence-corrected chi connectivity index (χ4v) is 1.26. The van der Waals surface area contributed by atoms with Crippen LogP contribution in [0.3, 0.4) is 0 Å². The van der Waals surface area contributed by atoms with E-state index in [4.69, 9.17) is 5.11 Å². The van der Waals surface area contributed by atoms with E-state index in [0.717, 1.165) is 0 Å². The number of carboxylic acids is 1. The molecule has 0 fully saturated rings. The van der Waals surface area contributed by atoms with Gasteiger partial charge in [-0.1, -0.05) is 0 Å². The molecular weight excluding hydrogens is 312 g/mol. The van der Waals surface area contributed by atoms with Crippen LogP contribution in [0.25, 0.3) is 0 Å². The van der Waals surface area contributed by atoms with E-state index in [1.54, 1.807) is 2.38 Å². The predicted octanol–water partition coefficient (Wildman–Crippen LogP) is -0.487. The Bertz CT molecular complexity index is 232. The van der Waals surface area contributed by atoms with E-state index >= 15 is 0 Å². The van der Waals surface area contributed by atoms with Crippen molar-refractivity contribution in [2.45, 2.75) is 0 Å². The van der Waals surface area contributed by atoms with Gasteiger partial charge in [-0.05, 0) is 0 Å². The predicted molar refractivity (Wildman–Crippen MR) is 30.3 cm³/mol. The fourth-order valence-electron chi connectivity index (χ4n) is 0.447. The van der Waals surface area contributed by atoms with Gasteiger partial charge in [0.25, 0.3) is 0 Å². The van der Waals surface area contributed by atoms with Gasteiger partial charge in [0.2, 0.25) is 0 Å². The van der Waals surface area contributed by atoms with E-state index in [9.17, 15) is 4.79 Å². The first kappa shape index (κ1) is 6.72. The summed E-state index contributed by atoms with van der Waals surface area (Å²) in [5.41, 5.74) is 0.123. The molecule has 0 bridgehead atoms. The molecule has 0 unspecified atom stereocenters. The third-order valence-corrected chi connectivity index (χ3v) is 1.92. The molecule has 1 rings (SSSR count). The van der Waals surface area contributed by atoms with Crippen LogP contribution in [0.15, 0.2) is 12.5 Å². The van der Waals surface area contributed by atoms with E-state index in [0.29, 0.717) is 26.1 Å². The van der Waals surface area contributed by atoms with Crippen LogP contribution in [0.2, 0.25) is 0 Å². The van der Waals surface area contributed by atoms with Gasteiger partial charge in [0.1, 0.15) is 0 Å². The summed E-state index contributed by atoms with van der Waals surface area (Å²) in [4.78, 5) is 13.8. The summed E-state index contributed by atoms with van der Waals surface area (Å²) < 4.78 is 1.75. The summed E-state index contributed by atoms with van der Waals surface area (Å²) in [6.45, 7) is 0. The zero-order valence-electron chi connectivity index (χ0n) is 4.48. The molecular formula is C4H3N2O2Tl. The standard InChI is InChI=1S/C4H4N2O2.Tl/c7-4(8)3-1-5-2-6-3;/h1-2H,(H2,5,6,7,8);/q;+1/p-1. The molecule has 1 heterocycles. The Morgan fingerprint density at radius 2 is 2.56 bits per heavy atom. The third kappa shape index (κ3) is 1.50. The van der Waals surface area contributed by atoms with Gasteiger partial charge in [-0.15, -0.1) is 0 Å². The summed E-state index contributed by atoms with van der Waals surface area (Å²) in [5, 5.41) is 8.34. The van der Waals surface area contributed by atoms with Gasteiger partial charge in [-0.2, -0.15) is 0 Å². The van der Waals surface area contributed by atoms with Crippen LogP contribution < -0.4 is 0 Å². The van der Waals surface area contributed by atoms with Crippen LogP contribution in [0.5, 0.6) is 0 Å². The molecule has 0 saturated heterocycles. The molecule has 0 spiro atoms. The molecule has 0 radical (unpaired) electrons. The molecule has 0 aromatic carbocycles. The van der Waals surface area contributed by atoms with Gasteiger partial charge >= 0.3 is 67.5 Å². The summed E-state index contributed by atoms with van der Waals surface area (Å²) in [6.07, 6.45) is 3.04. The molecule has 1 aromatic heterocycles. The molecule has 0 saturated carbocycles. The van der Waals surface area contributed by atoms with Gasteiger partial charge < -0.3 is 0 Å². The second-order valence-corrected chi connectivity index (χ2v) is 3.83. The van der Waals surface area contributed by atoms with Gasteiger partial charge in [0, 0.05) is 0 Å². The van der Waals surface area contributed by atoms with Gasteiger partial charge in [0.15, 0.2) is 0 Å². The summed E-state index contributed by atoms with van der Waals surface area (Å²) >= 11 is 0.593. The molecule has 4 nitrogen and oxygen atoms in total. The number of hydrogen-bond acceptors (Lipinski definition) is 2. The average molecular weight is 315 g/mol. The van der Waals surface area contributed by atoms with Crippen molar-refractivity contribution in [3.63, 3.8) is 0 Å². The number of carbonyl (C=O) groups is 1. The second-order valence-electron chi connectivity index (χ2n) is 1.51. The fraction of sp³-hybridized carbons (Fsp3) is 0. The number of rotatable bonds is 1. The van der Waals surface area contributed by atoms with Crippen molar-refractivity contribution in [2.75, 3.05) is 0 Å². The van der Waals surface area contributed by atoms with Crippen molar-refractivity contribution in [1.29, 1.82) is 0 Å². The summed E-state index contributed by atoms with van der Waals surface area (Å²) in [7, 11) is 0. The first-order valence-electron chi connectivity index (χ1n) is 2.22. The van der Waals surface area contributed by atoms with E-state index in [2.05, 4.69) is 4.98 Å². The number of aromatic carboxylic acids is 1. The topological polar surface area (TPSA) is 55.1 Å². The van der Waals surface area contributed by atoms with E-state index in [-0.39, 0.29) is 5.69 Å². The molecule has 1 N–H and O–H groups in total. The van der Waals surface area contributed by atoms with E-state index in [1.165, 1.54) is 12.5 Å². The zero-order valence-corrected chi connectivity index (χ0v) is 8.97.